The van der Waals surface area contributed by atoms with Crippen LogP contribution in [0.4, 0.5) is 0 Å². The van der Waals surface area contributed by atoms with E-state index in [-0.39, 0.29) is 0 Å². The van der Waals surface area contributed by atoms with E-state index in [1.54, 1.807) is 0 Å². The Kier molecular flexibility index (Phi) is 5.50. The van der Waals surface area contributed by atoms with Crippen molar-refractivity contribution in [3.63, 3.8) is 0 Å². The highest BCUT2D eigenvalue weighted by Gasteiger charge is 2.18. The van der Waals surface area contributed by atoms with Gasteiger partial charge in [0.2, 0.25) is 0 Å². The summed E-state index contributed by atoms with van der Waals surface area (Å²) < 4.78 is 0. The van der Waals surface area contributed by atoms with Gasteiger partial charge in [-0.3, -0.25) is 0 Å². The lowest BCUT2D eigenvalue weighted by Gasteiger charge is -2.27. The molecule has 72 valence electrons. The van der Waals surface area contributed by atoms with E-state index in [2.05, 4.69) is 50.5 Å². The maximum absolute atomic E-state index is 2.52. The Labute approximate surface area is 78.5 Å². The molecule has 0 spiro atoms. The molecule has 0 rings (SSSR count). The summed E-state index contributed by atoms with van der Waals surface area (Å²) in [6, 6.07) is 0. The maximum Gasteiger partial charge on any atom is 0.0857 e. The molecule has 2 heteroatoms. The van der Waals surface area contributed by atoms with Gasteiger partial charge in [-0.2, -0.15) is 0 Å². The first kappa shape index (κ1) is 11.9. The summed E-state index contributed by atoms with van der Waals surface area (Å²) in [4.78, 5) is 2.52. The fourth-order valence-corrected chi connectivity index (χ4v) is 4.14. The van der Waals surface area contributed by atoms with Gasteiger partial charge in [0.1, 0.15) is 0 Å². The normalized spacial score (nSPS) is 13.2. The largest absolute Gasteiger partial charge is 0.306 e. The van der Waals surface area contributed by atoms with Crippen molar-refractivity contribution in [1.82, 2.24) is 4.90 Å². The zero-order chi connectivity index (χ0) is 9.61. The van der Waals surface area contributed by atoms with Crippen LogP contribution in [0.15, 0.2) is 11.8 Å². The second kappa shape index (κ2) is 5.54. The average Bonchev–Trinajstić information content (AvgIpc) is 2.00. The SMILES string of the molecule is C/C=C\[Si](C)(C)CN(CC)CC. The van der Waals surface area contributed by atoms with Gasteiger partial charge < -0.3 is 4.90 Å². The molecule has 0 N–H and O–H groups in total. The Balaban J connectivity index is 4.02. The molecule has 0 bridgehead atoms. The predicted octanol–water partition coefficient (Wildman–Crippen LogP) is 2.69. The van der Waals surface area contributed by atoms with Crippen LogP contribution >= 0.6 is 0 Å². The van der Waals surface area contributed by atoms with Gasteiger partial charge in [-0.1, -0.05) is 38.7 Å². The van der Waals surface area contributed by atoms with Crippen molar-refractivity contribution in [2.24, 2.45) is 0 Å². The average molecular weight is 185 g/mol. The van der Waals surface area contributed by atoms with E-state index in [0.29, 0.717) is 0 Å². The van der Waals surface area contributed by atoms with E-state index in [1.807, 2.05) is 0 Å². The third-order valence-corrected chi connectivity index (χ3v) is 4.64. The van der Waals surface area contributed by atoms with Crippen LogP contribution in [0.5, 0.6) is 0 Å². The van der Waals surface area contributed by atoms with Crippen molar-refractivity contribution in [3.05, 3.63) is 11.8 Å². The molecule has 0 radical (unpaired) electrons. The second-order valence-electron chi connectivity index (χ2n) is 3.95. The summed E-state index contributed by atoms with van der Waals surface area (Å²) in [5.74, 6) is 0. The summed E-state index contributed by atoms with van der Waals surface area (Å²) >= 11 is 0. The topological polar surface area (TPSA) is 3.24 Å². The van der Waals surface area contributed by atoms with E-state index >= 15 is 0 Å². The van der Waals surface area contributed by atoms with Crippen LogP contribution in [0.25, 0.3) is 0 Å². The number of nitrogens with zero attached hydrogens (tertiary/aromatic N) is 1. The van der Waals surface area contributed by atoms with Gasteiger partial charge in [-0.25, -0.2) is 0 Å². The third kappa shape index (κ3) is 4.73. The van der Waals surface area contributed by atoms with Gasteiger partial charge in [0.15, 0.2) is 0 Å². The molecule has 12 heavy (non-hydrogen) atoms. The number of rotatable bonds is 5. The van der Waals surface area contributed by atoms with Crippen LogP contribution in [0.3, 0.4) is 0 Å². The molecule has 0 atom stereocenters. The predicted molar refractivity (Wildman–Crippen MR) is 60.1 cm³/mol. The van der Waals surface area contributed by atoms with Crippen LogP contribution < -0.4 is 0 Å². The van der Waals surface area contributed by atoms with Crippen molar-refractivity contribution in [3.8, 4) is 0 Å². The van der Waals surface area contributed by atoms with Crippen molar-refractivity contribution < 1.29 is 0 Å². The van der Waals surface area contributed by atoms with Crippen molar-refractivity contribution in [1.29, 1.82) is 0 Å². The molecular formula is C10H23NSi. The van der Waals surface area contributed by atoms with Gasteiger partial charge in [0, 0.05) is 0 Å². The Hall–Kier alpha value is -0.0831. The second-order valence-corrected chi connectivity index (χ2v) is 8.58. The Bertz CT molecular complexity index is 137. The summed E-state index contributed by atoms with van der Waals surface area (Å²) in [5, 5.41) is 0. The van der Waals surface area contributed by atoms with E-state index in [4.69, 9.17) is 0 Å². The molecule has 0 aliphatic heterocycles. The molecular weight excluding hydrogens is 162 g/mol. The quantitative estimate of drug-likeness (QED) is 0.595. The molecule has 0 saturated carbocycles. The van der Waals surface area contributed by atoms with Gasteiger partial charge in [0.05, 0.1) is 8.07 Å². The van der Waals surface area contributed by atoms with Crippen LogP contribution in [-0.2, 0) is 0 Å². The molecule has 0 aromatic rings. The number of hydrogen-bond acceptors (Lipinski definition) is 1. The highest BCUT2D eigenvalue weighted by Crippen LogP contribution is 2.06. The fourth-order valence-electron chi connectivity index (χ4n) is 1.53. The first-order chi connectivity index (χ1) is 5.55. The minimum absolute atomic E-state index is 1.06. The molecule has 0 heterocycles. The standard InChI is InChI=1S/C10H23NSi/c1-6-9-12(4,5)10-11(7-2)8-3/h6,9H,7-8,10H2,1-5H3/b9-6-. The molecule has 0 aliphatic rings. The van der Waals surface area contributed by atoms with Gasteiger partial charge in [-0.05, 0) is 26.2 Å². The van der Waals surface area contributed by atoms with Crippen molar-refractivity contribution in [2.75, 3.05) is 19.3 Å². The van der Waals surface area contributed by atoms with Crippen LogP contribution in [0.1, 0.15) is 20.8 Å². The first-order valence-corrected chi connectivity index (χ1v) is 8.20. The Morgan fingerprint density at radius 3 is 2.00 bits per heavy atom. The smallest absolute Gasteiger partial charge is 0.0857 e. The lowest BCUT2D eigenvalue weighted by atomic mass is 10.6. The van der Waals surface area contributed by atoms with Gasteiger partial charge in [0.25, 0.3) is 0 Å². The molecule has 0 aliphatic carbocycles. The minimum Gasteiger partial charge on any atom is -0.306 e. The van der Waals surface area contributed by atoms with E-state index in [1.165, 1.54) is 19.3 Å². The van der Waals surface area contributed by atoms with Gasteiger partial charge >= 0.3 is 0 Å². The van der Waals surface area contributed by atoms with Crippen molar-refractivity contribution >= 4 is 8.07 Å². The lowest BCUT2D eigenvalue weighted by molar-refractivity contribution is 0.349. The molecule has 1 nitrogen and oxygen atoms in total. The fraction of sp³-hybridized carbons (Fsp3) is 0.800. The van der Waals surface area contributed by atoms with Crippen LogP contribution in [-0.4, -0.2) is 32.2 Å². The molecule has 0 amide bonds. The van der Waals surface area contributed by atoms with E-state index < -0.39 is 8.07 Å². The molecule has 0 aromatic carbocycles. The maximum atomic E-state index is 2.52. The Morgan fingerprint density at radius 2 is 1.67 bits per heavy atom. The van der Waals surface area contributed by atoms with Crippen molar-refractivity contribution in [2.45, 2.75) is 33.9 Å². The summed E-state index contributed by atoms with van der Waals surface area (Å²) in [6.45, 7) is 13.8. The Morgan fingerprint density at radius 1 is 1.17 bits per heavy atom. The third-order valence-electron chi connectivity index (χ3n) is 2.14. The zero-order valence-electron chi connectivity index (χ0n) is 9.22. The molecule has 0 saturated heterocycles. The zero-order valence-corrected chi connectivity index (χ0v) is 10.2. The van der Waals surface area contributed by atoms with E-state index in [9.17, 15) is 0 Å². The molecule has 0 aromatic heterocycles. The number of allylic oxidation sites excluding steroid dienone is 1. The lowest BCUT2D eigenvalue weighted by Crippen LogP contribution is -2.41. The van der Waals surface area contributed by atoms with E-state index in [0.717, 1.165) is 0 Å². The molecule has 0 fully saturated rings. The van der Waals surface area contributed by atoms with Crippen LogP contribution in [0, 0.1) is 0 Å². The summed E-state index contributed by atoms with van der Waals surface area (Å²) in [5.41, 5.74) is 2.42. The highest BCUT2D eigenvalue weighted by molar-refractivity contribution is 6.82. The summed E-state index contributed by atoms with van der Waals surface area (Å²) in [7, 11) is -1.06. The van der Waals surface area contributed by atoms with Crippen LogP contribution in [0.2, 0.25) is 13.1 Å². The monoisotopic (exact) mass is 185 g/mol. The number of hydrogen-bond donors (Lipinski definition) is 0. The molecule has 0 unspecified atom stereocenters. The minimum atomic E-state index is -1.06. The summed E-state index contributed by atoms with van der Waals surface area (Å²) in [6.07, 6.45) is 3.50. The highest BCUT2D eigenvalue weighted by atomic mass is 28.3. The first-order valence-electron chi connectivity index (χ1n) is 4.92. The van der Waals surface area contributed by atoms with Gasteiger partial charge in [-0.15, -0.1) is 0 Å².